The van der Waals surface area contributed by atoms with Gasteiger partial charge in [0.05, 0.1) is 0 Å². The van der Waals surface area contributed by atoms with Gasteiger partial charge in [0.1, 0.15) is 0 Å². The minimum Gasteiger partial charge on any atom is -1.00 e. The van der Waals surface area contributed by atoms with Gasteiger partial charge in [0, 0.05) is 0 Å². The Balaban J connectivity index is -0.0000000150. The van der Waals surface area contributed by atoms with E-state index < -0.39 is 7.32 Å². The molecule has 0 aromatic heterocycles. The first-order valence-electron chi connectivity index (χ1n) is 0.775. The van der Waals surface area contributed by atoms with Gasteiger partial charge in [0.2, 0.25) is 0 Å². The zero-order chi connectivity index (χ0) is 3.58. The fraction of sp³-hybridized carbons (Fsp3) is 0. The Bertz CT molecular complexity index is 17.7. The van der Waals surface area contributed by atoms with Crippen LogP contribution in [-0.2, 0) is 0 Å². The fourth-order valence-corrected chi connectivity index (χ4v) is 0. The Labute approximate surface area is 94.6 Å². The van der Waals surface area contributed by atoms with Crippen LogP contribution in [0.15, 0.2) is 0 Å². The van der Waals surface area contributed by atoms with Crippen molar-refractivity contribution in [3.63, 3.8) is 0 Å². The van der Waals surface area contributed by atoms with Crippen molar-refractivity contribution in [1.82, 2.24) is 0 Å². The molecule has 0 spiro atoms. The Morgan fingerprint density at radius 3 is 0.857 bits per heavy atom. The van der Waals surface area contributed by atoms with E-state index in [-0.39, 0.29) is 73.7 Å². The summed E-state index contributed by atoms with van der Waals surface area (Å²) in [6, 6.07) is 0. The smallest absolute Gasteiger partial charge is 1.00 e. The van der Waals surface area contributed by atoms with Crippen molar-refractivity contribution in [3.05, 3.63) is 0 Å². The van der Waals surface area contributed by atoms with Crippen molar-refractivity contribution in [3.8, 4) is 0 Å². The molecule has 0 aliphatic carbocycles. The summed E-state index contributed by atoms with van der Waals surface area (Å²) >= 11 is 0. The molecule has 0 aliphatic heterocycles. The van der Waals surface area contributed by atoms with Crippen LogP contribution in [0.3, 0.4) is 0 Å². The maximum atomic E-state index is 7.17. The SMILES string of the molecule is OB(O)O.[Ba+2].[Cl-].[Cl-]. The number of halogens is 2. The standard InChI is InChI=1S/BH3O3.Ba.2ClH/c2-1(3)4;;;/h2-4H;;2*1H/q;+2;;/p-2. The second-order valence-corrected chi connectivity index (χ2v) is 0.346. The van der Waals surface area contributed by atoms with Crippen LogP contribution in [0.1, 0.15) is 0 Å². The van der Waals surface area contributed by atoms with Gasteiger partial charge >= 0.3 is 56.2 Å². The van der Waals surface area contributed by atoms with Crippen LogP contribution in [0, 0.1) is 0 Å². The van der Waals surface area contributed by atoms with E-state index in [0.29, 0.717) is 0 Å². The number of hydrogen-bond acceptors (Lipinski definition) is 3. The molecule has 3 nitrogen and oxygen atoms in total. The molecular formula is H3BBaCl2O3. The van der Waals surface area contributed by atoms with E-state index in [2.05, 4.69) is 0 Å². The third-order valence-electron chi connectivity index (χ3n) is 0. The van der Waals surface area contributed by atoms with Crippen LogP contribution in [-0.4, -0.2) is 71.3 Å². The molecule has 0 aromatic carbocycles. The summed E-state index contributed by atoms with van der Waals surface area (Å²) in [6.07, 6.45) is 0. The van der Waals surface area contributed by atoms with Gasteiger partial charge in [-0.15, -0.1) is 0 Å². The Kier molecular flexibility index (Phi) is 51.5. The molecule has 0 aliphatic rings. The number of rotatable bonds is 0. The molecule has 0 fully saturated rings. The minimum absolute atomic E-state index is 0. The fourth-order valence-electron chi connectivity index (χ4n) is 0. The van der Waals surface area contributed by atoms with Crippen molar-refractivity contribution < 1.29 is 39.9 Å². The Hall–Kier alpha value is 2.10. The maximum absolute atomic E-state index is 7.17. The van der Waals surface area contributed by atoms with Crippen LogP contribution in [0.2, 0.25) is 0 Å². The molecular weight excluding hydrogens is 267 g/mol. The van der Waals surface area contributed by atoms with Crippen LogP contribution in [0.25, 0.3) is 0 Å². The largest absolute Gasteiger partial charge is 2.00 e. The van der Waals surface area contributed by atoms with Crippen LogP contribution >= 0.6 is 0 Å². The van der Waals surface area contributed by atoms with Gasteiger partial charge in [0.25, 0.3) is 0 Å². The molecule has 0 unspecified atom stereocenters. The van der Waals surface area contributed by atoms with Gasteiger partial charge in [0.15, 0.2) is 0 Å². The van der Waals surface area contributed by atoms with Gasteiger partial charge in [-0.25, -0.2) is 0 Å². The molecule has 0 amide bonds. The predicted octanol–water partition coefficient (Wildman–Crippen LogP) is -8.42. The van der Waals surface area contributed by atoms with Crippen molar-refractivity contribution in [1.29, 1.82) is 0 Å². The summed E-state index contributed by atoms with van der Waals surface area (Å²) in [5.41, 5.74) is 0. The molecule has 7 heavy (non-hydrogen) atoms. The first-order chi connectivity index (χ1) is 1.73. The molecule has 40 valence electrons. The minimum atomic E-state index is -2.17. The quantitative estimate of drug-likeness (QED) is 0.383. The van der Waals surface area contributed by atoms with Gasteiger partial charge in [-0.1, -0.05) is 0 Å². The van der Waals surface area contributed by atoms with E-state index in [1.807, 2.05) is 0 Å². The van der Waals surface area contributed by atoms with E-state index in [4.69, 9.17) is 15.1 Å². The first-order valence-corrected chi connectivity index (χ1v) is 0.775. The normalized spacial score (nSPS) is 3.86. The average Bonchev–Trinajstić information content (AvgIpc) is 0.811. The zero-order valence-electron chi connectivity index (χ0n) is 3.38. The summed E-state index contributed by atoms with van der Waals surface area (Å²) in [6.45, 7) is 0. The van der Waals surface area contributed by atoms with Crippen molar-refractivity contribution in [2.45, 2.75) is 0 Å². The summed E-state index contributed by atoms with van der Waals surface area (Å²) in [5.74, 6) is 0. The Morgan fingerprint density at radius 1 is 0.857 bits per heavy atom. The molecule has 3 N–H and O–H groups in total. The Morgan fingerprint density at radius 2 is 0.857 bits per heavy atom. The second-order valence-electron chi connectivity index (χ2n) is 0.346. The second kappa shape index (κ2) is 15.7. The van der Waals surface area contributed by atoms with E-state index in [1.54, 1.807) is 0 Å². The molecule has 0 atom stereocenters. The van der Waals surface area contributed by atoms with Crippen molar-refractivity contribution in [2.75, 3.05) is 0 Å². The van der Waals surface area contributed by atoms with Crippen molar-refractivity contribution >= 4 is 56.2 Å². The summed E-state index contributed by atoms with van der Waals surface area (Å²) in [4.78, 5) is 0. The topological polar surface area (TPSA) is 60.7 Å². The molecule has 0 saturated carbocycles. The molecule has 0 rings (SSSR count). The predicted molar refractivity (Wildman–Crippen MR) is 18.2 cm³/mol. The summed E-state index contributed by atoms with van der Waals surface area (Å²) < 4.78 is 0. The first kappa shape index (κ1) is 23.0. The van der Waals surface area contributed by atoms with Gasteiger partial charge in [-0.3, -0.25) is 0 Å². The molecule has 0 bridgehead atoms. The monoisotopic (exact) mass is 270 g/mol. The summed E-state index contributed by atoms with van der Waals surface area (Å²) in [7, 11) is -2.17. The third-order valence-corrected chi connectivity index (χ3v) is 0. The van der Waals surface area contributed by atoms with Crippen LogP contribution in [0.4, 0.5) is 0 Å². The van der Waals surface area contributed by atoms with Gasteiger partial charge in [-0.2, -0.15) is 0 Å². The van der Waals surface area contributed by atoms with E-state index in [1.165, 1.54) is 0 Å². The molecule has 7 heteroatoms. The molecule has 0 saturated heterocycles. The molecule has 0 aromatic rings. The van der Waals surface area contributed by atoms with Gasteiger partial charge < -0.3 is 39.9 Å². The van der Waals surface area contributed by atoms with Crippen LogP contribution < -0.4 is 24.8 Å². The number of hydrogen-bond donors (Lipinski definition) is 3. The average molecular weight is 270 g/mol. The third kappa shape index (κ3) is 68.5. The van der Waals surface area contributed by atoms with Crippen LogP contribution in [0.5, 0.6) is 0 Å². The summed E-state index contributed by atoms with van der Waals surface area (Å²) in [5, 5.41) is 21.5. The van der Waals surface area contributed by atoms with Crippen molar-refractivity contribution in [2.24, 2.45) is 0 Å². The van der Waals surface area contributed by atoms with E-state index >= 15 is 0 Å². The van der Waals surface area contributed by atoms with E-state index in [0.717, 1.165) is 0 Å². The maximum Gasteiger partial charge on any atom is 2.00 e. The van der Waals surface area contributed by atoms with E-state index in [9.17, 15) is 0 Å². The molecule has 0 heterocycles. The molecule has 0 radical (unpaired) electrons. The van der Waals surface area contributed by atoms with Gasteiger partial charge in [-0.05, 0) is 0 Å². The zero-order valence-corrected chi connectivity index (χ0v) is 9.33.